The number of ketones is 1. The summed E-state index contributed by atoms with van der Waals surface area (Å²) in [4.78, 5) is 34.4. The van der Waals surface area contributed by atoms with Gasteiger partial charge in [-0.15, -0.1) is 22.7 Å². The molecule has 4 aromatic heterocycles. The number of carbonyl (C=O) groups is 1. The van der Waals surface area contributed by atoms with E-state index < -0.39 is 5.25 Å². The molecule has 4 heterocycles. The number of fused-ring (bicyclic) bond motifs is 1. The molecule has 5 nitrogen and oxygen atoms in total. The quantitative estimate of drug-likeness (QED) is 0.113. The van der Waals surface area contributed by atoms with Crippen molar-refractivity contribution in [3.8, 4) is 10.4 Å². The van der Waals surface area contributed by atoms with Crippen molar-refractivity contribution in [1.82, 2.24) is 9.55 Å². The van der Waals surface area contributed by atoms with Crippen LogP contribution in [0.15, 0.2) is 116 Å². The zero-order chi connectivity index (χ0) is 25.2. The van der Waals surface area contributed by atoms with E-state index in [0.717, 1.165) is 16.0 Å². The predicted molar refractivity (Wildman–Crippen MR) is 151 cm³/mol. The minimum absolute atomic E-state index is 0.0406. The molecule has 37 heavy (non-hydrogen) atoms. The lowest BCUT2D eigenvalue weighted by Crippen LogP contribution is -2.24. The molecule has 0 amide bonds. The molecule has 0 bridgehead atoms. The average molecular weight is 541 g/mol. The molecule has 0 saturated heterocycles. The molecule has 0 aliphatic carbocycles. The molecule has 1 atom stereocenters. The molecule has 182 valence electrons. The first-order valence-corrected chi connectivity index (χ1v) is 14.2. The Morgan fingerprint density at radius 2 is 1.73 bits per heavy atom. The van der Waals surface area contributed by atoms with Crippen LogP contribution in [-0.4, -0.2) is 15.3 Å². The lowest BCUT2D eigenvalue weighted by molar-refractivity contribution is 0.0989. The fourth-order valence-corrected chi connectivity index (χ4v) is 7.14. The highest BCUT2D eigenvalue weighted by Gasteiger charge is 2.27. The van der Waals surface area contributed by atoms with Crippen molar-refractivity contribution in [2.75, 3.05) is 0 Å². The molecule has 0 fully saturated rings. The number of rotatable bonds is 8. The van der Waals surface area contributed by atoms with Crippen LogP contribution in [0.25, 0.3) is 20.7 Å². The van der Waals surface area contributed by atoms with Gasteiger partial charge in [-0.25, -0.2) is 4.98 Å². The SMILES string of the molecule is O=C(c1ccccc1)[C@@H](Sc1nc2scc(-c3cccs3)c2c(=O)n1Cc1ccco1)c1ccccc1. The zero-order valence-electron chi connectivity index (χ0n) is 19.4. The molecule has 8 heteroatoms. The Hall–Kier alpha value is -3.72. The van der Waals surface area contributed by atoms with Crippen molar-refractivity contribution in [2.45, 2.75) is 17.0 Å². The fourth-order valence-electron chi connectivity index (χ4n) is 4.17. The van der Waals surface area contributed by atoms with Crippen LogP contribution in [0.2, 0.25) is 0 Å². The van der Waals surface area contributed by atoms with Gasteiger partial charge >= 0.3 is 0 Å². The Labute approximate surface area is 225 Å². The molecule has 0 aliphatic rings. The number of furan rings is 1. The van der Waals surface area contributed by atoms with E-state index in [9.17, 15) is 9.59 Å². The highest BCUT2D eigenvalue weighted by molar-refractivity contribution is 8.00. The minimum Gasteiger partial charge on any atom is -0.467 e. The molecule has 6 aromatic rings. The van der Waals surface area contributed by atoms with E-state index in [2.05, 4.69) is 0 Å². The van der Waals surface area contributed by atoms with Gasteiger partial charge in [0.2, 0.25) is 0 Å². The van der Waals surface area contributed by atoms with E-state index in [1.54, 1.807) is 28.2 Å². The number of hydrogen-bond acceptors (Lipinski definition) is 7. The molecule has 2 aromatic carbocycles. The number of benzene rings is 2. The van der Waals surface area contributed by atoms with Gasteiger partial charge in [0.25, 0.3) is 5.56 Å². The number of carbonyl (C=O) groups excluding carboxylic acids is 1. The summed E-state index contributed by atoms with van der Waals surface area (Å²) in [5.41, 5.74) is 2.21. The number of thioether (sulfide) groups is 1. The van der Waals surface area contributed by atoms with Gasteiger partial charge in [-0.3, -0.25) is 14.2 Å². The van der Waals surface area contributed by atoms with Gasteiger partial charge in [-0.2, -0.15) is 0 Å². The van der Waals surface area contributed by atoms with Crippen LogP contribution in [0.3, 0.4) is 0 Å². The standard InChI is InChI=1S/C29H20N2O3S3/c32-25(19-9-3-1-4-10-19)26(20-11-5-2-6-12-20)37-29-30-27-24(22(18-36-27)23-14-8-16-35-23)28(33)31(29)17-21-13-7-15-34-21/h1-16,18,26H,17H2/t26-/m0/s1. The van der Waals surface area contributed by atoms with Crippen molar-refractivity contribution in [3.63, 3.8) is 0 Å². The van der Waals surface area contributed by atoms with Gasteiger partial charge in [0, 0.05) is 21.4 Å². The lowest BCUT2D eigenvalue weighted by Gasteiger charge is -2.18. The Kier molecular flexibility index (Phi) is 6.61. The molecular formula is C29H20N2O3S3. The topological polar surface area (TPSA) is 65.1 Å². The third-order valence-electron chi connectivity index (χ3n) is 5.96. The molecule has 0 spiro atoms. The maximum Gasteiger partial charge on any atom is 0.264 e. The third kappa shape index (κ3) is 4.71. The summed E-state index contributed by atoms with van der Waals surface area (Å²) in [6.45, 7) is 0.220. The fraction of sp³-hybridized carbons (Fsp3) is 0.0690. The Balaban J connectivity index is 1.51. The predicted octanol–water partition coefficient (Wildman–Crippen LogP) is 7.54. The number of aromatic nitrogens is 2. The summed E-state index contributed by atoms with van der Waals surface area (Å²) >= 11 is 4.34. The van der Waals surface area contributed by atoms with Crippen molar-refractivity contribution in [1.29, 1.82) is 0 Å². The van der Waals surface area contributed by atoms with Gasteiger partial charge in [0.05, 0.1) is 18.2 Å². The highest BCUT2D eigenvalue weighted by Crippen LogP contribution is 2.39. The van der Waals surface area contributed by atoms with Crippen LogP contribution in [0, 0.1) is 0 Å². The normalized spacial score (nSPS) is 12.1. The lowest BCUT2D eigenvalue weighted by atomic mass is 10.0. The Bertz CT molecular complexity index is 1710. The van der Waals surface area contributed by atoms with E-state index in [1.807, 2.05) is 89.6 Å². The van der Waals surface area contributed by atoms with Crippen molar-refractivity contribution in [3.05, 3.63) is 129 Å². The Morgan fingerprint density at radius 3 is 2.43 bits per heavy atom. The monoisotopic (exact) mass is 540 g/mol. The van der Waals surface area contributed by atoms with Crippen LogP contribution >= 0.6 is 34.4 Å². The summed E-state index contributed by atoms with van der Waals surface area (Å²) in [6.07, 6.45) is 1.59. The van der Waals surface area contributed by atoms with Crippen LogP contribution < -0.4 is 5.56 Å². The van der Waals surface area contributed by atoms with Gasteiger partial charge in [0.1, 0.15) is 15.8 Å². The number of hydrogen-bond donors (Lipinski definition) is 0. The smallest absolute Gasteiger partial charge is 0.264 e. The van der Waals surface area contributed by atoms with E-state index in [4.69, 9.17) is 9.40 Å². The van der Waals surface area contributed by atoms with E-state index in [-0.39, 0.29) is 17.9 Å². The average Bonchev–Trinajstić information content (AvgIpc) is 3.72. The molecule has 6 rings (SSSR count). The van der Waals surface area contributed by atoms with Gasteiger partial charge in [0.15, 0.2) is 10.9 Å². The van der Waals surface area contributed by atoms with Crippen LogP contribution in [0.5, 0.6) is 0 Å². The van der Waals surface area contributed by atoms with E-state index in [0.29, 0.717) is 26.7 Å². The summed E-state index contributed by atoms with van der Waals surface area (Å²) < 4.78 is 7.22. The maximum atomic E-state index is 14.0. The van der Waals surface area contributed by atoms with Gasteiger partial charge in [-0.05, 0) is 29.1 Å². The molecule has 0 radical (unpaired) electrons. The Morgan fingerprint density at radius 1 is 0.946 bits per heavy atom. The third-order valence-corrected chi connectivity index (χ3v) is 8.98. The zero-order valence-corrected chi connectivity index (χ0v) is 21.9. The summed E-state index contributed by atoms with van der Waals surface area (Å²) in [5.74, 6) is 0.602. The summed E-state index contributed by atoms with van der Waals surface area (Å²) in [5, 5.41) is 4.48. The second-order valence-corrected chi connectivity index (χ2v) is 11.2. The van der Waals surface area contributed by atoms with E-state index in [1.165, 1.54) is 23.1 Å². The van der Waals surface area contributed by atoms with Crippen molar-refractivity contribution < 1.29 is 9.21 Å². The first-order chi connectivity index (χ1) is 18.2. The number of nitrogens with zero attached hydrogens (tertiary/aromatic N) is 2. The molecule has 0 saturated carbocycles. The first kappa shape index (κ1) is 23.7. The highest BCUT2D eigenvalue weighted by atomic mass is 32.2. The maximum absolute atomic E-state index is 14.0. The molecular weight excluding hydrogens is 521 g/mol. The van der Waals surface area contributed by atoms with Crippen molar-refractivity contribution in [2.24, 2.45) is 0 Å². The van der Waals surface area contributed by atoms with Crippen molar-refractivity contribution >= 4 is 50.4 Å². The summed E-state index contributed by atoms with van der Waals surface area (Å²) in [7, 11) is 0. The summed E-state index contributed by atoms with van der Waals surface area (Å²) in [6, 6.07) is 26.5. The molecule has 0 aliphatic heterocycles. The molecule has 0 N–H and O–H groups in total. The molecule has 0 unspecified atom stereocenters. The van der Waals surface area contributed by atoms with Gasteiger partial charge < -0.3 is 4.42 Å². The number of Topliss-reactive ketones (excluding diaryl/α,β-unsaturated/α-hetero) is 1. The van der Waals surface area contributed by atoms with Crippen LogP contribution in [0.1, 0.15) is 26.9 Å². The van der Waals surface area contributed by atoms with E-state index >= 15 is 0 Å². The van der Waals surface area contributed by atoms with Gasteiger partial charge in [-0.1, -0.05) is 78.5 Å². The minimum atomic E-state index is -0.576. The van der Waals surface area contributed by atoms with Crippen LogP contribution in [-0.2, 0) is 6.54 Å². The first-order valence-electron chi connectivity index (χ1n) is 11.6. The number of thiophene rings is 2. The second kappa shape index (κ2) is 10.3. The second-order valence-electron chi connectivity index (χ2n) is 8.31. The van der Waals surface area contributed by atoms with Crippen LogP contribution in [0.4, 0.5) is 0 Å². The largest absolute Gasteiger partial charge is 0.467 e.